The SMILES string of the molecule is CCCOc1ccc(C(N)c2sccc2Br)cc1Br. The molecule has 19 heavy (non-hydrogen) atoms. The second-order valence-electron chi connectivity index (χ2n) is 4.15. The van der Waals surface area contributed by atoms with E-state index in [4.69, 9.17) is 10.5 Å². The molecule has 0 spiro atoms. The van der Waals surface area contributed by atoms with Crippen LogP contribution in [0.3, 0.4) is 0 Å². The van der Waals surface area contributed by atoms with Crippen molar-refractivity contribution in [2.75, 3.05) is 6.61 Å². The van der Waals surface area contributed by atoms with Crippen LogP contribution in [0.4, 0.5) is 0 Å². The fourth-order valence-electron chi connectivity index (χ4n) is 1.72. The Morgan fingerprint density at radius 2 is 2.05 bits per heavy atom. The third-order valence-electron chi connectivity index (χ3n) is 2.70. The molecule has 102 valence electrons. The summed E-state index contributed by atoms with van der Waals surface area (Å²) in [7, 11) is 0. The molecular weight excluding hydrogens is 390 g/mol. The van der Waals surface area contributed by atoms with Crippen LogP contribution in [0.15, 0.2) is 38.6 Å². The van der Waals surface area contributed by atoms with Gasteiger partial charge in [0.15, 0.2) is 0 Å². The van der Waals surface area contributed by atoms with Crippen LogP contribution in [0.1, 0.15) is 29.8 Å². The van der Waals surface area contributed by atoms with Crippen molar-refractivity contribution in [1.29, 1.82) is 0 Å². The minimum atomic E-state index is -0.120. The number of rotatable bonds is 5. The number of ether oxygens (including phenoxy) is 1. The van der Waals surface area contributed by atoms with Crippen molar-refractivity contribution in [3.8, 4) is 5.75 Å². The molecule has 1 atom stereocenters. The zero-order valence-electron chi connectivity index (χ0n) is 10.5. The van der Waals surface area contributed by atoms with Gasteiger partial charge in [0.25, 0.3) is 0 Å². The third-order valence-corrected chi connectivity index (χ3v) is 5.28. The molecule has 2 N–H and O–H groups in total. The summed E-state index contributed by atoms with van der Waals surface area (Å²) in [6.07, 6.45) is 0.996. The molecule has 0 aliphatic rings. The largest absolute Gasteiger partial charge is 0.492 e. The number of nitrogens with two attached hydrogens (primary N) is 1. The number of hydrogen-bond donors (Lipinski definition) is 1. The summed E-state index contributed by atoms with van der Waals surface area (Å²) in [5, 5.41) is 2.03. The molecule has 0 fully saturated rings. The molecule has 1 heterocycles. The third kappa shape index (κ3) is 3.60. The van der Waals surface area contributed by atoms with E-state index in [9.17, 15) is 0 Å². The van der Waals surface area contributed by atoms with Crippen molar-refractivity contribution in [3.63, 3.8) is 0 Å². The van der Waals surface area contributed by atoms with E-state index in [0.29, 0.717) is 0 Å². The van der Waals surface area contributed by atoms with Crippen molar-refractivity contribution < 1.29 is 4.74 Å². The fourth-order valence-corrected chi connectivity index (χ4v) is 3.88. The average Bonchev–Trinajstić information content (AvgIpc) is 2.82. The van der Waals surface area contributed by atoms with E-state index in [0.717, 1.165) is 38.2 Å². The summed E-state index contributed by atoms with van der Waals surface area (Å²) >= 11 is 8.72. The van der Waals surface area contributed by atoms with Crippen LogP contribution in [-0.2, 0) is 0 Å². The van der Waals surface area contributed by atoms with Crippen LogP contribution < -0.4 is 10.5 Å². The van der Waals surface area contributed by atoms with Gasteiger partial charge in [-0.05, 0) is 67.4 Å². The van der Waals surface area contributed by atoms with E-state index in [1.807, 2.05) is 29.6 Å². The average molecular weight is 405 g/mol. The van der Waals surface area contributed by atoms with Gasteiger partial charge in [0, 0.05) is 9.35 Å². The molecule has 0 aliphatic heterocycles. The topological polar surface area (TPSA) is 35.2 Å². The van der Waals surface area contributed by atoms with Crippen LogP contribution >= 0.6 is 43.2 Å². The first kappa shape index (κ1) is 15.0. The van der Waals surface area contributed by atoms with Gasteiger partial charge in [0.2, 0.25) is 0 Å². The Bertz CT molecular complexity index is 556. The lowest BCUT2D eigenvalue weighted by Crippen LogP contribution is -2.11. The van der Waals surface area contributed by atoms with Crippen LogP contribution in [0.25, 0.3) is 0 Å². The van der Waals surface area contributed by atoms with Gasteiger partial charge in [0.05, 0.1) is 17.1 Å². The van der Waals surface area contributed by atoms with Gasteiger partial charge in [-0.3, -0.25) is 0 Å². The summed E-state index contributed by atoms with van der Waals surface area (Å²) in [4.78, 5) is 1.13. The Hall–Kier alpha value is -0.360. The van der Waals surface area contributed by atoms with Crippen molar-refractivity contribution in [1.82, 2.24) is 0 Å². The van der Waals surface area contributed by atoms with Crippen LogP contribution in [0.2, 0.25) is 0 Å². The number of benzene rings is 1. The smallest absolute Gasteiger partial charge is 0.133 e. The van der Waals surface area contributed by atoms with E-state index in [2.05, 4.69) is 38.8 Å². The normalized spacial score (nSPS) is 12.4. The molecular formula is C14H15Br2NOS. The summed E-state index contributed by atoms with van der Waals surface area (Å²) in [5.74, 6) is 0.864. The standard InChI is InChI=1S/C14H15Br2NOS/c1-2-6-18-12-4-3-9(8-11(12)16)13(17)14-10(15)5-7-19-14/h3-5,7-8,13H,2,6,17H2,1H3. The van der Waals surface area contributed by atoms with Gasteiger partial charge < -0.3 is 10.5 Å². The summed E-state index contributed by atoms with van der Waals surface area (Å²) in [6, 6.07) is 7.92. The Morgan fingerprint density at radius 3 is 2.63 bits per heavy atom. The molecule has 2 aromatic rings. The lowest BCUT2D eigenvalue weighted by molar-refractivity contribution is 0.315. The van der Waals surface area contributed by atoms with Crippen molar-refractivity contribution in [2.45, 2.75) is 19.4 Å². The molecule has 5 heteroatoms. The zero-order valence-corrected chi connectivity index (χ0v) is 14.5. The minimum Gasteiger partial charge on any atom is -0.492 e. The summed E-state index contributed by atoms with van der Waals surface area (Å²) < 4.78 is 7.65. The van der Waals surface area contributed by atoms with Crippen LogP contribution in [0, 0.1) is 0 Å². The van der Waals surface area contributed by atoms with Gasteiger partial charge in [-0.25, -0.2) is 0 Å². The van der Waals surface area contributed by atoms with Gasteiger partial charge in [-0.1, -0.05) is 13.0 Å². The predicted octanol–water partition coefficient (Wildman–Crippen LogP) is 5.11. The Kier molecular flexibility index (Phi) is 5.45. The predicted molar refractivity (Wildman–Crippen MR) is 88.0 cm³/mol. The van der Waals surface area contributed by atoms with E-state index in [-0.39, 0.29) is 6.04 Å². The first-order valence-electron chi connectivity index (χ1n) is 6.04. The minimum absolute atomic E-state index is 0.120. The Balaban J connectivity index is 2.22. The van der Waals surface area contributed by atoms with E-state index in [1.165, 1.54) is 0 Å². The van der Waals surface area contributed by atoms with Crippen molar-refractivity contribution in [3.05, 3.63) is 49.0 Å². The van der Waals surface area contributed by atoms with Gasteiger partial charge >= 0.3 is 0 Å². The van der Waals surface area contributed by atoms with Crippen LogP contribution in [-0.4, -0.2) is 6.61 Å². The maximum Gasteiger partial charge on any atom is 0.133 e. The van der Waals surface area contributed by atoms with Gasteiger partial charge in [-0.2, -0.15) is 0 Å². The molecule has 1 aromatic carbocycles. The molecule has 1 unspecified atom stereocenters. The van der Waals surface area contributed by atoms with Crippen molar-refractivity contribution >= 4 is 43.2 Å². The quantitative estimate of drug-likeness (QED) is 0.751. The van der Waals surface area contributed by atoms with Gasteiger partial charge in [-0.15, -0.1) is 11.3 Å². The molecule has 0 aliphatic carbocycles. The number of thiophene rings is 1. The number of halogens is 2. The first-order valence-corrected chi connectivity index (χ1v) is 8.50. The highest BCUT2D eigenvalue weighted by atomic mass is 79.9. The second-order valence-corrected chi connectivity index (χ2v) is 6.81. The van der Waals surface area contributed by atoms with E-state index in [1.54, 1.807) is 11.3 Å². The zero-order chi connectivity index (χ0) is 13.8. The highest BCUT2D eigenvalue weighted by Gasteiger charge is 2.15. The fraction of sp³-hybridized carbons (Fsp3) is 0.286. The highest BCUT2D eigenvalue weighted by Crippen LogP contribution is 2.34. The summed E-state index contributed by atoms with van der Waals surface area (Å²) in [6.45, 7) is 2.81. The van der Waals surface area contributed by atoms with Crippen LogP contribution in [0.5, 0.6) is 5.75 Å². The monoisotopic (exact) mass is 403 g/mol. The molecule has 2 nitrogen and oxygen atoms in total. The molecule has 1 aromatic heterocycles. The molecule has 0 amide bonds. The lowest BCUT2D eigenvalue weighted by atomic mass is 10.1. The molecule has 0 bridgehead atoms. The van der Waals surface area contributed by atoms with E-state index < -0.39 is 0 Å². The molecule has 0 saturated carbocycles. The molecule has 2 rings (SSSR count). The number of hydrogen-bond acceptors (Lipinski definition) is 3. The van der Waals surface area contributed by atoms with Gasteiger partial charge in [0.1, 0.15) is 5.75 Å². The van der Waals surface area contributed by atoms with Crippen molar-refractivity contribution in [2.24, 2.45) is 5.73 Å². The lowest BCUT2D eigenvalue weighted by Gasteiger charge is -2.14. The Labute approximate surface area is 134 Å². The molecule has 0 saturated heterocycles. The first-order chi connectivity index (χ1) is 9.13. The molecule has 0 radical (unpaired) electrons. The Morgan fingerprint density at radius 1 is 1.26 bits per heavy atom. The highest BCUT2D eigenvalue weighted by molar-refractivity contribution is 9.10. The van der Waals surface area contributed by atoms with E-state index >= 15 is 0 Å². The summed E-state index contributed by atoms with van der Waals surface area (Å²) in [5.41, 5.74) is 7.37. The maximum atomic E-state index is 6.30. The second kappa shape index (κ2) is 6.88. The maximum absolute atomic E-state index is 6.30.